The normalized spacial score (nSPS) is 17.3. The molecule has 1 aromatic rings. The second-order valence-electron chi connectivity index (χ2n) is 5.50. The van der Waals surface area contributed by atoms with Crippen LogP contribution in [0.25, 0.3) is 0 Å². The molecule has 1 aliphatic heterocycles. The fourth-order valence-corrected chi connectivity index (χ4v) is 3.04. The monoisotopic (exact) mass is 382 g/mol. The Hall–Kier alpha value is -1.89. The molecule has 0 saturated carbocycles. The minimum Gasteiger partial charge on any atom is -0.481 e. The molecule has 7 heteroatoms. The maximum atomic E-state index is 12.2. The second-order valence-corrected chi connectivity index (χ2v) is 6.35. The fourth-order valence-electron chi connectivity index (χ4n) is 2.54. The van der Waals surface area contributed by atoms with E-state index in [9.17, 15) is 14.4 Å². The summed E-state index contributed by atoms with van der Waals surface area (Å²) >= 11 is 3.42. The number of unbranched alkanes of at least 4 members (excludes halogenated alkanes) is 1. The lowest BCUT2D eigenvalue weighted by Gasteiger charge is -2.18. The molecule has 2 amide bonds. The summed E-state index contributed by atoms with van der Waals surface area (Å²) in [5.74, 6) is -1.41. The lowest BCUT2D eigenvalue weighted by Crippen LogP contribution is -2.33. The van der Waals surface area contributed by atoms with Gasteiger partial charge in [0, 0.05) is 30.4 Å². The van der Waals surface area contributed by atoms with E-state index in [4.69, 9.17) is 5.11 Å². The van der Waals surface area contributed by atoms with Crippen LogP contribution < -0.4 is 10.2 Å². The molecule has 1 fully saturated rings. The van der Waals surface area contributed by atoms with Gasteiger partial charge in [-0.3, -0.25) is 14.4 Å². The Balaban J connectivity index is 1.84. The summed E-state index contributed by atoms with van der Waals surface area (Å²) in [5.41, 5.74) is 0.772. The van der Waals surface area contributed by atoms with Gasteiger partial charge in [0.25, 0.3) is 0 Å². The number of hydrogen-bond donors (Lipinski definition) is 2. The third-order valence-corrected chi connectivity index (χ3v) is 4.43. The first kappa shape index (κ1) is 17.5. The summed E-state index contributed by atoms with van der Waals surface area (Å²) in [6, 6.07) is 7.42. The number of carbonyl (C=O) groups is 3. The molecule has 1 saturated heterocycles. The van der Waals surface area contributed by atoms with E-state index in [0.29, 0.717) is 25.9 Å². The molecule has 1 heterocycles. The Morgan fingerprint density at radius 2 is 2.04 bits per heavy atom. The standard InChI is InChI=1S/C16H19BrN2O4/c17-12-5-1-2-6-13(12)19-10-11(9-14(19)20)16(23)18-8-4-3-7-15(21)22/h1-2,5-6,11H,3-4,7-10H2,(H,18,23)(H,21,22). The Labute approximate surface area is 143 Å². The van der Waals surface area contributed by atoms with Crippen molar-refractivity contribution in [3.05, 3.63) is 28.7 Å². The van der Waals surface area contributed by atoms with Crippen molar-refractivity contribution in [1.29, 1.82) is 0 Å². The van der Waals surface area contributed by atoms with Crippen LogP contribution in [0.5, 0.6) is 0 Å². The SMILES string of the molecule is O=C(O)CCCCNC(=O)C1CC(=O)N(c2ccccc2Br)C1. The lowest BCUT2D eigenvalue weighted by atomic mass is 10.1. The molecule has 6 nitrogen and oxygen atoms in total. The average Bonchev–Trinajstić information content (AvgIpc) is 2.89. The van der Waals surface area contributed by atoms with Gasteiger partial charge in [0.1, 0.15) is 0 Å². The number of benzene rings is 1. The third-order valence-electron chi connectivity index (χ3n) is 3.76. The largest absolute Gasteiger partial charge is 0.481 e. The van der Waals surface area contributed by atoms with Gasteiger partial charge < -0.3 is 15.3 Å². The molecule has 0 bridgehead atoms. The molecule has 2 rings (SSSR count). The van der Waals surface area contributed by atoms with Gasteiger partial charge in [0.05, 0.1) is 11.6 Å². The highest BCUT2D eigenvalue weighted by Crippen LogP contribution is 2.31. The molecule has 1 aromatic carbocycles. The molecule has 124 valence electrons. The second kappa shape index (κ2) is 8.10. The number of rotatable bonds is 7. The number of anilines is 1. The van der Waals surface area contributed by atoms with Gasteiger partial charge in [0.2, 0.25) is 11.8 Å². The van der Waals surface area contributed by atoms with Crippen molar-refractivity contribution >= 4 is 39.4 Å². The van der Waals surface area contributed by atoms with Crippen LogP contribution in [0.1, 0.15) is 25.7 Å². The predicted molar refractivity (Wildman–Crippen MR) is 89.1 cm³/mol. The number of hydrogen-bond acceptors (Lipinski definition) is 3. The van der Waals surface area contributed by atoms with Crippen LogP contribution in [-0.2, 0) is 14.4 Å². The first-order valence-corrected chi connectivity index (χ1v) is 8.32. The van der Waals surface area contributed by atoms with Gasteiger partial charge in [-0.2, -0.15) is 0 Å². The molecule has 1 atom stereocenters. The number of aliphatic carboxylic acids is 1. The summed E-state index contributed by atoms with van der Waals surface area (Å²) in [5, 5.41) is 11.3. The summed E-state index contributed by atoms with van der Waals surface area (Å²) < 4.78 is 0.822. The summed E-state index contributed by atoms with van der Waals surface area (Å²) in [7, 11) is 0. The van der Waals surface area contributed by atoms with Crippen molar-refractivity contribution in [3.8, 4) is 0 Å². The van der Waals surface area contributed by atoms with Crippen molar-refractivity contribution in [2.24, 2.45) is 5.92 Å². The minimum atomic E-state index is -0.832. The van der Waals surface area contributed by atoms with Gasteiger partial charge in [-0.1, -0.05) is 12.1 Å². The van der Waals surface area contributed by atoms with Gasteiger partial charge in [-0.15, -0.1) is 0 Å². The van der Waals surface area contributed by atoms with Crippen LogP contribution in [-0.4, -0.2) is 36.0 Å². The van der Waals surface area contributed by atoms with Gasteiger partial charge in [0.15, 0.2) is 0 Å². The number of nitrogens with zero attached hydrogens (tertiary/aromatic N) is 1. The van der Waals surface area contributed by atoms with E-state index < -0.39 is 5.97 Å². The highest BCUT2D eigenvalue weighted by atomic mass is 79.9. The molecule has 0 aliphatic carbocycles. The number of carboxylic acid groups (broad SMARTS) is 1. The number of nitrogens with one attached hydrogen (secondary N) is 1. The van der Waals surface area contributed by atoms with Crippen molar-refractivity contribution < 1.29 is 19.5 Å². The van der Waals surface area contributed by atoms with E-state index in [1.165, 1.54) is 0 Å². The number of halogens is 1. The molecule has 0 spiro atoms. The molecule has 23 heavy (non-hydrogen) atoms. The van der Waals surface area contributed by atoms with E-state index in [2.05, 4.69) is 21.2 Å². The third kappa shape index (κ3) is 4.79. The Morgan fingerprint density at radius 3 is 2.74 bits per heavy atom. The number of carbonyl (C=O) groups excluding carboxylic acids is 2. The van der Waals surface area contributed by atoms with E-state index in [0.717, 1.165) is 10.2 Å². The maximum Gasteiger partial charge on any atom is 0.303 e. The molecule has 1 aliphatic rings. The molecule has 0 aromatic heterocycles. The first-order chi connectivity index (χ1) is 11.0. The quantitative estimate of drug-likeness (QED) is 0.707. The predicted octanol–water partition coefficient (Wildman–Crippen LogP) is 2.17. The molecule has 1 unspecified atom stereocenters. The van der Waals surface area contributed by atoms with Gasteiger partial charge >= 0.3 is 5.97 Å². The average molecular weight is 383 g/mol. The van der Waals surface area contributed by atoms with Crippen molar-refractivity contribution in [1.82, 2.24) is 5.32 Å². The van der Waals surface area contributed by atoms with Crippen LogP contribution >= 0.6 is 15.9 Å². The minimum absolute atomic E-state index is 0.0667. The fraction of sp³-hybridized carbons (Fsp3) is 0.438. The number of amides is 2. The van der Waals surface area contributed by atoms with Crippen LogP contribution in [0, 0.1) is 5.92 Å². The zero-order chi connectivity index (χ0) is 16.8. The Kier molecular flexibility index (Phi) is 6.15. The number of para-hydroxylation sites is 1. The van der Waals surface area contributed by atoms with Crippen LogP contribution in [0.2, 0.25) is 0 Å². The number of carboxylic acids is 1. The highest BCUT2D eigenvalue weighted by Gasteiger charge is 2.35. The zero-order valence-corrected chi connectivity index (χ0v) is 14.2. The maximum absolute atomic E-state index is 12.2. The van der Waals surface area contributed by atoms with E-state index in [-0.39, 0.29) is 30.6 Å². The first-order valence-electron chi connectivity index (χ1n) is 7.53. The van der Waals surface area contributed by atoms with Crippen molar-refractivity contribution in [2.75, 3.05) is 18.0 Å². The Bertz CT molecular complexity index is 605. The molecule has 2 N–H and O–H groups in total. The smallest absolute Gasteiger partial charge is 0.303 e. The molecular formula is C16H19BrN2O4. The van der Waals surface area contributed by atoms with Crippen LogP contribution in [0.15, 0.2) is 28.7 Å². The van der Waals surface area contributed by atoms with E-state index in [1.807, 2.05) is 24.3 Å². The topological polar surface area (TPSA) is 86.7 Å². The van der Waals surface area contributed by atoms with Crippen molar-refractivity contribution in [3.63, 3.8) is 0 Å². The van der Waals surface area contributed by atoms with Crippen molar-refractivity contribution in [2.45, 2.75) is 25.7 Å². The van der Waals surface area contributed by atoms with Crippen LogP contribution in [0.4, 0.5) is 5.69 Å². The van der Waals surface area contributed by atoms with Gasteiger partial charge in [-0.25, -0.2) is 0 Å². The van der Waals surface area contributed by atoms with E-state index >= 15 is 0 Å². The summed E-state index contributed by atoms with van der Waals surface area (Å²) in [4.78, 5) is 36.3. The molecule has 0 radical (unpaired) electrons. The van der Waals surface area contributed by atoms with E-state index in [1.54, 1.807) is 4.90 Å². The zero-order valence-electron chi connectivity index (χ0n) is 12.6. The lowest BCUT2D eigenvalue weighted by molar-refractivity contribution is -0.137. The summed E-state index contributed by atoms with van der Waals surface area (Å²) in [6.45, 7) is 0.800. The molecular weight excluding hydrogens is 364 g/mol. The Morgan fingerprint density at radius 1 is 1.30 bits per heavy atom. The highest BCUT2D eigenvalue weighted by molar-refractivity contribution is 9.10. The van der Waals surface area contributed by atoms with Gasteiger partial charge in [-0.05, 0) is 40.9 Å². The summed E-state index contributed by atoms with van der Waals surface area (Å²) in [6.07, 6.45) is 1.45. The van der Waals surface area contributed by atoms with Crippen LogP contribution in [0.3, 0.4) is 0 Å².